The molecule has 5 heteroatoms. The second-order valence-electron chi connectivity index (χ2n) is 5.66. The fourth-order valence-corrected chi connectivity index (χ4v) is 3.57. The van der Waals surface area contributed by atoms with Gasteiger partial charge >= 0.3 is 0 Å². The zero-order valence-corrected chi connectivity index (χ0v) is 12.8. The van der Waals surface area contributed by atoms with Gasteiger partial charge in [-0.2, -0.15) is 0 Å². The Hall–Kier alpha value is -0.490. The molecular weight excluding hydrogens is 258 g/mol. The predicted octanol–water partition coefficient (Wildman–Crippen LogP) is 1.45. The maximum atomic E-state index is 8.93. The van der Waals surface area contributed by atoms with Crippen LogP contribution in [-0.4, -0.2) is 59.2 Å². The van der Waals surface area contributed by atoms with Gasteiger partial charge in [0.05, 0.1) is 11.6 Å². The number of piperazine rings is 1. The summed E-state index contributed by atoms with van der Waals surface area (Å²) >= 11 is 1.86. The van der Waals surface area contributed by atoms with Crippen LogP contribution in [0.1, 0.15) is 23.7 Å². The summed E-state index contributed by atoms with van der Waals surface area (Å²) in [7, 11) is 0. The molecule has 0 amide bonds. The molecule has 0 unspecified atom stereocenters. The van der Waals surface area contributed by atoms with Gasteiger partial charge in [0, 0.05) is 56.8 Å². The third-order valence-corrected chi connectivity index (χ3v) is 4.45. The minimum absolute atomic E-state index is 0.271. The van der Waals surface area contributed by atoms with E-state index in [4.69, 9.17) is 5.11 Å². The van der Waals surface area contributed by atoms with Gasteiger partial charge in [-0.3, -0.25) is 9.80 Å². The van der Waals surface area contributed by atoms with Crippen molar-refractivity contribution in [1.29, 1.82) is 0 Å². The summed E-state index contributed by atoms with van der Waals surface area (Å²) in [5, 5.41) is 10.2. The molecule has 1 aliphatic heterocycles. The SMILES string of the molecule is CC(C)Cc1ncc(CN2CCN(CCO)CC2)s1. The van der Waals surface area contributed by atoms with E-state index in [1.165, 1.54) is 9.88 Å². The van der Waals surface area contributed by atoms with Gasteiger partial charge in [-0.05, 0) is 5.92 Å². The van der Waals surface area contributed by atoms with Gasteiger partial charge in [-0.1, -0.05) is 13.8 Å². The van der Waals surface area contributed by atoms with Gasteiger partial charge in [0.15, 0.2) is 0 Å². The lowest BCUT2D eigenvalue weighted by atomic mass is 10.1. The van der Waals surface area contributed by atoms with Crippen molar-refractivity contribution >= 4 is 11.3 Å². The summed E-state index contributed by atoms with van der Waals surface area (Å²) in [6, 6.07) is 0. The van der Waals surface area contributed by atoms with Gasteiger partial charge in [-0.25, -0.2) is 4.98 Å². The van der Waals surface area contributed by atoms with Crippen molar-refractivity contribution in [3.05, 3.63) is 16.1 Å². The van der Waals surface area contributed by atoms with Gasteiger partial charge in [0.25, 0.3) is 0 Å². The number of hydrogen-bond acceptors (Lipinski definition) is 5. The predicted molar refractivity (Wildman–Crippen MR) is 79.5 cm³/mol. The molecule has 0 saturated carbocycles. The normalized spacial score (nSPS) is 18.3. The first-order chi connectivity index (χ1) is 9.17. The molecule has 1 N–H and O–H groups in total. The molecule has 1 aromatic rings. The highest BCUT2D eigenvalue weighted by Crippen LogP contribution is 2.18. The maximum absolute atomic E-state index is 8.93. The van der Waals surface area contributed by atoms with Crippen LogP contribution in [0.4, 0.5) is 0 Å². The Morgan fingerprint density at radius 2 is 1.95 bits per heavy atom. The monoisotopic (exact) mass is 283 g/mol. The molecule has 19 heavy (non-hydrogen) atoms. The Bertz CT molecular complexity index is 373. The van der Waals surface area contributed by atoms with Crippen LogP contribution < -0.4 is 0 Å². The second-order valence-corrected chi connectivity index (χ2v) is 6.86. The van der Waals surface area contributed by atoms with Crippen LogP contribution in [0.5, 0.6) is 0 Å². The van der Waals surface area contributed by atoms with Crippen molar-refractivity contribution in [1.82, 2.24) is 14.8 Å². The highest BCUT2D eigenvalue weighted by Gasteiger charge is 2.17. The molecule has 2 rings (SSSR count). The minimum Gasteiger partial charge on any atom is -0.395 e. The Balaban J connectivity index is 1.77. The molecule has 0 bridgehead atoms. The highest BCUT2D eigenvalue weighted by atomic mass is 32.1. The molecule has 4 nitrogen and oxygen atoms in total. The summed E-state index contributed by atoms with van der Waals surface area (Å²) in [4.78, 5) is 10.7. The van der Waals surface area contributed by atoms with Crippen molar-refractivity contribution in [3.8, 4) is 0 Å². The molecule has 1 saturated heterocycles. The summed E-state index contributed by atoms with van der Waals surface area (Å²) in [5.74, 6) is 0.682. The summed E-state index contributed by atoms with van der Waals surface area (Å²) in [6.45, 7) is 10.9. The van der Waals surface area contributed by atoms with Crippen molar-refractivity contribution < 1.29 is 5.11 Å². The third kappa shape index (κ3) is 4.84. The summed E-state index contributed by atoms with van der Waals surface area (Å²) in [6.07, 6.45) is 3.14. The number of aliphatic hydroxyl groups excluding tert-OH is 1. The lowest BCUT2D eigenvalue weighted by Gasteiger charge is -2.33. The highest BCUT2D eigenvalue weighted by molar-refractivity contribution is 7.11. The Morgan fingerprint density at radius 1 is 1.26 bits per heavy atom. The van der Waals surface area contributed by atoms with E-state index in [1.807, 2.05) is 17.5 Å². The standard InChI is InChI=1S/C14H25N3OS/c1-12(2)9-14-15-10-13(19-14)11-17-5-3-16(4-6-17)7-8-18/h10,12,18H,3-9,11H2,1-2H3. The molecule has 2 heterocycles. The molecule has 1 aliphatic rings. The lowest BCUT2D eigenvalue weighted by Crippen LogP contribution is -2.46. The number of β-amino-alcohol motifs (C(OH)–C–C–N with tert-alkyl or cyclic N) is 1. The van der Waals surface area contributed by atoms with E-state index in [9.17, 15) is 0 Å². The molecule has 1 aromatic heterocycles. The van der Waals surface area contributed by atoms with Crippen LogP contribution in [-0.2, 0) is 13.0 Å². The maximum Gasteiger partial charge on any atom is 0.0930 e. The van der Waals surface area contributed by atoms with Crippen molar-refractivity contribution in [2.45, 2.75) is 26.8 Å². The molecule has 108 valence electrons. The first-order valence-electron chi connectivity index (χ1n) is 7.16. The molecule has 0 aliphatic carbocycles. The Morgan fingerprint density at radius 3 is 2.58 bits per heavy atom. The minimum atomic E-state index is 0.271. The number of thiazole rings is 1. The molecule has 0 atom stereocenters. The lowest BCUT2D eigenvalue weighted by molar-refractivity contribution is 0.109. The number of nitrogens with zero attached hydrogens (tertiary/aromatic N) is 3. The quantitative estimate of drug-likeness (QED) is 0.858. The first-order valence-corrected chi connectivity index (χ1v) is 7.98. The number of rotatable bonds is 6. The van der Waals surface area contributed by atoms with Crippen molar-refractivity contribution in [2.24, 2.45) is 5.92 Å². The van der Waals surface area contributed by atoms with Gasteiger partial charge in [-0.15, -0.1) is 11.3 Å². The van der Waals surface area contributed by atoms with Crippen LogP contribution in [0.3, 0.4) is 0 Å². The fraction of sp³-hybridized carbons (Fsp3) is 0.786. The van der Waals surface area contributed by atoms with E-state index >= 15 is 0 Å². The largest absolute Gasteiger partial charge is 0.395 e. The first kappa shape index (κ1) is 14.9. The Kier molecular flexibility index (Phi) is 5.76. The Labute approximate surface area is 120 Å². The molecule has 0 radical (unpaired) electrons. The summed E-state index contributed by atoms with van der Waals surface area (Å²) in [5.41, 5.74) is 0. The van der Waals surface area contributed by atoms with Crippen LogP contribution >= 0.6 is 11.3 Å². The van der Waals surface area contributed by atoms with E-state index in [2.05, 4.69) is 28.6 Å². The molecule has 0 aromatic carbocycles. The van der Waals surface area contributed by atoms with Crippen LogP contribution in [0, 0.1) is 5.92 Å². The zero-order chi connectivity index (χ0) is 13.7. The fourth-order valence-electron chi connectivity index (χ4n) is 2.40. The topological polar surface area (TPSA) is 39.6 Å². The van der Waals surface area contributed by atoms with E-state index < -0.39 is 0 Å². The molecule has 1 fully saturated rings. The smallest absolute Gasteiger partial charge is 0.0930 e. The van der Waals surface area contributed by atoms with Gasteiger partial charge < -0.3 is 5.11 Å². The van der Waals surface area contributed by atoms with Crippen molar-refractivity contribution in [2.75, 3.05) is 39.3 Å². The molecule has 0 spiro atoms. The molecular formula is C14H25N3OS. The summed E-state index contributed by atoms with van der Waals surface area (Å²) < 4.78 is 0. The third-order valence-electron chi connectivity index (χ3n) is 3.44. The van der Waals surface area contributed by atoms with Gasteiger partial charge in [0.2, 0.25) is 0 Å². The van der Waals surface area contributed by atoms with Crippen molar-refractivity contribution in [3.63, 3.8) is 0 Å². The number of hydrogen-bond donors (Lipinski definition) is 1. The van der Waals surface area contributed by atoms with E-state index in [-0.39, 0.29) is 6.61 Å². The van der Waals surface area contributed by atoms with E-state index in [1.54, 1.807) is 0 Å². The second kappa shape index (κ2) is 7.33. The van der Waals surface area contributed by atoms with Crippen LogP contribution in [0.15, 0.2) is 6.20 Å². The zero-order valence-electron chi connectivity index (χ0n) is 12.0. The van der Waals surface area contributed by atoms with E-state index in [0.717, 1.165) is 45.7 Å². The average molecular weight is 283 g/mol. The average Bonchev–Trinajstić information content (AvgIpc) is 2.78. The van der Waals surface area contributed by atoms with Crippen LogP contribution in [0.25, 0.3) is 0 Å². The van der Waals surface area contributed by atoms with E-state index in [0.29, 0.717) is 5.92 Å². The van der Waals surface area contributed by atoms with Crippen LogP contribution in [0.2, 0.25) is 0 Å². The number of aliphatic hydroxyl groups is 1. The number of aromatic nitrogens is 1. The van der Waals surface area contributed by atoms with Gasteiger partial charge in [0.1, 0.15) is 0 Å².